The summed E-state index contributed by atoms with van der Waals surface area (Å²) in [7, 11) is 4.83. The number of rotatable bonds is 21. The highest BCUT2D eigenvalue weighted by Crippen LogP contribution is 2.41. The highest BCUT2D eigenvalue weighted by molar-refractivity contribution is 5.87. The second-order valence-corrected chi connectivity index (χ2v) is 33.2. The Hall–Kier alpha value is -13.9. The van der Waals surface area contributed by atoms with Gasteiger partial charge in [0.2, 0.25) is 11.8 Å². The Labute approximate surface area is 712 Å². The van der Waals surface area contributed by atoms with E-state index >= 15 is 0 Å². The molecule has 0 aliphatic carbocycles. The second kappa shape index (κ2) is 35.4. The van der Waals surface area contributed by atoms with E-state index in [-0.39, 0.29) is 19.8 Å². The van der Waals surface area contributed by atoms with Crippen molar-refractivity contribution >= 4 is 34.0 Å². The number of aliphatic hydroxyl groups is 3. The van der Waals surface area contributed by atoms with Crippen LogP contribution in [0.2, 0.25) is 0 Å². The van der Waals surface area contributed by atoms with Crippen LogP contribution >= 0.6 is 0 Å². The number of anilines is 3. The summed E-state index contributed by atoms with van der Waals surface area (Å²) in [6, 6.07) is 38.4. The van der Waals surface area contributed by atoms with E-state index < -0.39 is 16.8 Å². The minimum Gasteiger partial charge on any atom is -0.495 e. The fraction of sp³-hybridized carbons (Fsp3) is 0.355. The number of nitriles is 3. The predicted molar refractivity (Wildman–Crippen MR) is 461 cm³/mol. The molecule has 0 saturated carbocycles. The van der Waals surface area contributed by atoms with Gasteiger partial charge < -0.3 is 58.4 Å². The number of ether oxygens (including phenoxy) is 6. The van der Waals surface area contributed by atoms with Crippen LogP contribution in [0.1, 0.15) is 94.3 Å². The van der Waals surface area contributed by atoms with Gasteiger partial charge in [-0.05, 0) is 146 Å². The Morgan fingerprint density at radius 1 is 0.382 bits per heavy atom. The van der Waals surface area contributed by atoms with Crippen molar-refractivity contribution in [2.45, 2.75) is 114 Å². The molecular weight excluding hydrogens is 1560 g/mol. The molecule has 624 valence electrons. The number of nitrogens with zero attached hydrogens (tertiary/aromatic N) is 21. The zero-order chi connectivity index (χ0) is 85.7. The highest BCUT2D eigenvalue weighted by atomic mass is 16.5. The molecule has 0 spiro atoms. The summed E-state index contributed by atoms with van der Waals surface area (Å²) in [6.45, 7) is 18.1. The van der Waals surface area contributed by atoms with Crippen LogP contribution < -0.4 is 43.1 Å². The lowest BCUT2D eigenvalue weighted by atomic mass is 9.87. The SMILES string of the molecule is COc1cc(C#CCN2C3CC2CN(c2ccc(-c4cc(OCC(C)(C)O)cn5ncc(C#N)c45)cn2)C3)ccn1.COc1ccc(C#CCN2C3CC2CN(c2ccc(-c4cc(OCC(C)(C)O)cn5ncc(C#N)c45)cn2)C3)cn1.COc1ccc(C#CCN2C3CC2CN(c2ccc(-c4cc(OCC(C)(C)O)cn5ncc(C#N)c45)cn2)C3)nc1. The molecule has 9 aliphatic heterocycles. The number of hydrogen-bond donors (Lipinski definition) is 3. The summed E-state index contributed by atoms with van der Waals surface area (Å²) in [4.78, 5) is 41.5. The first-order valence-corrected chi connectivity index (χ1v) is 40.6. The molecule has 0 amide bonds. The Balaban J connectivity index is 0.000000137. The Morgan fingerprint density at radius 2 is 0.772 bits per heavy atom. The van der Waals surface area contributed by atoms with Crippen molar-refractivity contribution in [1.29, 1.82) is 15.8 Å². The molecule has 30 heteroatoms. The third-order valence-corrected chi connectivity index (χ3v) is 22.4. The van der Waals surface area contributed by atoms with Gasteiger partial charge >= 0.3 is 0 Å². The zero-order valence-electron chi connectivity index (χ0n) is 69.8. The third-order valence-electron chi connectivity index (χ3n) is 22.4. The minimum atomic E-state index is -0.981. The molecule has 123 heavy (non-hydrogen) atoms. The van der Waals surface area contributed by atoms with Gasteiger partial charge in [0.25, 0.3) is 0 Å². The number of pyridine rings is 9. The Morgan fingerprint density at radius 3 is 1.10 bits per heavy atom. The lowest BCUT2D eigenvalue weighted by molar-refractivity contribution is 0.0125. The third kappa shape index (κ3) is 19.0. The summed E-state index contributed by atoms with van der Waals surface area (Å²) in [5, 5.41) is 72.3. The highest BCUT2D eigenvalue weighted by Gasteiger charge is 2.47. The molecule has 9 aliphatic rings. The molecule has 12 aromatic heterocycles. The van der Waals surface area contributed by atoms with Crippen LogP contribution in [0, 0.1) is 69.5 Å². The summed E-state index contributed by atoms with van der Waals surface area (Å²) in [5.74, 6) is 25.8. The van der Waals surface area contributed by atoms with Gasteiger partial charge in [-0.2, -0.15) is 31.1 Å². The number of piperidine rings is 3. The smallest absolute Gasteiger partial charge is 0.214 e. The van der Waals surface area contributed by atoms with Crippen LogP contribution in [0.3, 0.4) is 0 Å². The first kappa shape index (κ1) is 82.8. The standard InChI is InChI=1S/3C31H31N7O3/c1-31(2,39)20-41-27-12-28(30-22(13-32)15-35-38(30)19-27)21-6-9-29(34-14-21)36-17-24-11-25(18-36)37(24)10-4-5-23-7-8-26(40-3)16-33-23;1-31(2,39)20-41-26-12-27(30-23(13-32)16-35-38(30)19-26)22-7-8-28(33-15-22)36-17-24-11-25(18-36)37(24)10-4-5-21-6-9-29(40-3)34-14-21;1-31(2,39)20-41-26-13-27(30-23(14-32)16-35-38(30)19-26)22-6-7-28(34-15-22)36-17-24-12-25(18-36)37(24)10-4-5-21-8-9-33-29(11-21)40-3/h2*6-9,12,14-16,19,24-25,39H,10-11,17-18,20H2,1-3H3;6-9,11,13,15-16,19,24-25,39H,10,12,17-18,20H2,1-3H3. The number of hydrogen-bond acceptors (Lipinski definition) is 27. The largest absolute Gasteiger partial charge is 0.495 e. The van der Waals surface area contributed by atoms with Gasteiger partial charge in [0.05, 0.1) is 134 Å². The van der Waals surface area contributed by atoms with E-state index in [4.69, 9.17) is 43.4 Å². The average Bonchev–Trinajstić information content (AvgIpc) is 1.71. The van der Waals surface area contributed by atoms with Crippen LogP contribution in [-0.2, 0) is 0 Å². The zero-order valence-corrected chi connectivity index (χ0v) is 69.8. The van der Waals surface area contributed by atoms with E-state index in [2.05, 4.69) is 113 Å². The molecule has 21 rings (SSSR count). The number of piperazine rings is 3. The van der Waals surface area contributed by atoms with Crippen molar-refractivity contribution in [2.75, 3.05) is 115 Å². The van der Waals surface area contributed by atoms with Crippen LogP contribution in [0.5, 0.6) is 34.8 Å². The number of fused-ring (bicyclic) bond motifs is 9. The van der Waals surface area contributed by atoms with Crippen molar-refractivity contribution in [1.82, 2.24) is 73.4 Å². The summed E-state index contributed by atoms with van der Waals surface area (Å²) < 4.78 is 37.9. The van der Waals surface area contributed by atoms with E-state index in [1.54, 1.807) is 132 Å². The fourth-order valence-electron chi connectivity index (χ4n) is 16.2. The van der Waals surface area contributed by atoms with Crippen LogP contribution in [-0.4, -0.2) is 242 Å². The summed E-state index contributed by atoms with van der Waals surface area (Å²) in [5.41, 5.74) is 8.04. The maximum Gasteiger partial charge on any atom is 0.214 e. The van der Waals surface area contributed by atoms with Gasteiger partial charge in [-0.1, -0.05) is 29.6 Å². The van der Waals surface area contributed by atoms with Crippen LogP contribution in [0.25, 0.3) is 49.9 Å². The van der Waals surface area contributed by atoms with Crippen LogP contribution in [0.4, 0.5) is 17.5 Å². The topological polar surface area (TPSA) is 336 Å². The van der Waals surface area contributed by atoms with Crippen molar-refractivity contribution in [3.63, 3.8) is 0 Å². The van der Waals surface area contributed by atoms with Crippen LogP contribution in [0.15, 0.2) is 165 Å². The molecular formula is C93H93N21O9. The first-order valence-electron chi connectivity index (χ1n) is 40.6. The second-order valence-electron chi connectivity index (χ2n) is 33.2. The molecule has 6 atom stereocenters. The summed E-state index contributed by atoms with van der Waals surface area (Å²) in [6.07, 6.45) is 24.0. The lowest BCUT2D eigenvalue weighted by Gasteiger charge is -2.56. The Bertz CT molecular complexity index is 5900. The molecule has 3 N–H and O–H groups in total. The maximum atomic E-state index is 10.1. The van der Waals surface area contributed by atoms with Crippen molar-refractivity contribution in [3.05, 3.63) is 199 Å². The predicted octanol–water partition coefficient (Wildman–Crippen LogP) is 9.41. The summed E-state index contributed by atoms with van der Waals surface area (Å²) >= 11 is 0. The van der Waals surface area contributed by atoms with Crippen molar-refractivity contribution in [3.8, 4) is 122 Å². The molecule has 6 unspecified atom stereocenters. The van der Waals surface area contributed by atoms with Gasteiger partial charge in [-0.3, -0.25) is 14.7 Å². The molecule has 6 bridgehead atoms. The molecule has 9 fully saturated rings. The van der Waals surface area contributed by atoms with E-state index in [1.165, 1.54) is 19.3 Å². The molecule has 0 aromatic carbocycles. The molecule has 0 radical (unpaired) electrons. The lowest BCUT2D eigenvalue weighted by Crippen LogP contribution is -2.68. The molecule has 12 aromatic rings. The number of methoxy groups -OCH3 is 3. The van der Waals surface area contributed by atoms with E-state index in [1.807, 2.05) is 110 Å². The van der Waals surface area contributed by atoms with E-state index in [0.717, 1.165) is 132 Å². The van der Waals surface area contributed by atoms with Crippen molar-refractivity contribution < 1.29 is 43.7 Å². The number of aromatic nitrogens is 12. The first-order chi connectivity index (χ1) is 59.4. The average molecular weight is 1650 g/mol. The van der Waals surface area contributed by atoms with Crippen molar-refractivity contribution in [2.24, 2.45) is 0 Å². The van der Waals surface area contributed by atoms with E-state index in [0.29, 0.717) is 98.5 Å². The monoisotopic (exact) mass is 1650 g/mol. The van der Waals surface area contributed by atoms with Gasteiger partial charge in [0.15, 0.2) is 0 Å². The van der Waals surface area contributed by atoms with Gasteiger partial charge in [-0.25, -0.2) is 43.5 Å². The molecule has 30 nitrogen and oxygen atoms in total. The quantitative estimate of drug-likeness (QED) is 0.0564. The van der Waals surface area contributed by atoms with Gasteiger partial charge in [0.1, 0.15) is 84.2 Å². The van der Waals surface area contributed by atoms with E-state index in [9.17, 15) is 31.1 Å². The molecule has 9 saturated heterocycles. The maximum absolute atomic E-state index is 10.1. The molecule has 21 heterocycles. The fourth-order valence-corrected chi connectivity index (χ4v) is 16.2. The van der Waals surface area contributed by atoms with Gasteiger partial charge in [0, 0.05) is 163 Å². The van der Waals surface area contributed by atoms with Gasteiger partial charge in [-0.15, -0.1) is 0 Å². The Kier molecular flexibility index (Phi) is 23.8. The normalized spacial score (nSPS) is 18.3. The minimum absolute atomic E-state index is 0.125.